The molecule has 4 atom stereocenters. The van der Waals surface area contributed by atoms with Crippen LogP contribution in [0, 0.1) is 5.92 Å². The first kappa shape index (κ1) is 23.6. The van der Waals surface area contributed by atoms with Crippen molar-refractivity contribution in [3.05, 3.63) is 102 Å². The van der Waals surface area contributed by atoms with Gasteiger partial charge in [-0.25, -0.2) is 9.59 Å². The summed E-state index contributed by atoms with van der Waals surface area (Å²) >= 11 is 0. The van der Waals surface area contributed by atoms with E-state index in [-0.39, 0.29) is 30.4 Å². The SMILES string of the molecule is CC1C[C@H]2CN(C(=O)C(c3ccccc3)c3ccccc3)[C@H](C(=O)O)[C@@H]1N2C(=O)Nc1ccccc1. The van der Waals surface area contributed by atoms with Gasteiger partial charge in [0.25, 0.3) is 0 Å². The fraction of sp³-hybridized carbons (Fsp3) is 0.276. The summed E-state index contributed by atoms with van der Waals surface area (Å²) in [5, 5.41) is 13.3. The molecular formula is C29H29N3O4. The Kier molecular flexibility index (Phi) is 6.46. The second-order valence-electron chi connectivity index (χ2n) is 9.59. The van der Waals surface area contributed by atoms with Gasteiger partial charge < -0.3 is 20.2 Å². The summed E-state index contributed by atoms with van der Waals surface area (Å²) in [6.45, 7) is 2.14. The van der Waals surface area contributed by atoms with Gasteiger partial charge in [0.15, 0.2) is 6.04 Å². The largest absolute Gasteiger partial charge is 0.480 e. The van der Waals surface area contributed by atoms with Crippen molar-refractivity contribution >= 4 is 23.6 Å². The molecule has 0 spiro atoms. The average molecular weight is 484 g/mol. The number of carbonyl (C=O) groups is 3. The molecule has 2 fully saturated rings. The minimum atomic E-state index is -1.14. The van der Waals surface area contributed by atoms with Crippen LogP contribution in [0.4, 0.5) is 10.5 Å². The maximum Gasteiger partial charge on any atom is 0.328 e. The van der Waals surface area contributed by atoms with E-state index in [2.05, 4.69) is 5.32 Å². The molecule has 7 heteroatoms. The Bertz CT molecular complexity index is 1200. The summed E-state index contributed by atoms with van der Waals surface area (Å²) in [6.07, 6.45) is 0.641. The van der Waals surface area contributed by atoms with Crippen LogP contribution in [-0.2, 0) is 9.59 Å². The van der Waals surface area contributed by atoms with E-state index in [1.54, 1.807) is 17.0 Å². The number of hydrogen-bond acceptors (Lipinski definition) is 3. The first-order chi connectivity index (χ1) is 17.5. The smallest absolute Gasteiger partial charge is 0.328 e. The number of piperazine rings is 1. The second-order valence-corrected chi connectivity index (χ2v) is 9.59. The van der Waals surface area contributed by atoms with Crippen LogP contribution in [-0.4, -0.2) is 57.5 Å². The third-order valence-electron chi connectivity index (χ3n) is 7.32. The molecule has 2 N–H and O–H groups in total. The van der Waals surface area contributed by atoms with Crippen LogP contribution in [0.15, 0.2) is 91.0 Å². The van der Waals surface area contributed by atoms with Gasteiger partial charge in [0.2, 0.25) is 5.91 Å². The summed E-state index contributed by atoms with van der Waals surface area (Å²) in [5.74, 6) is -2.05. The highest BCUT2D eigenvalue weighted by molar-refractivity contribution is 5.94. The molecule has 2 bridgehead atoms. The van der Waals surface area contributed by atoms with E-state index >= 15 is 0 Å². The topological polar surface area (TPSA) is 90.0 Å². The average Bonchev–Trinajstić information content (AvgIpc) is 3.12. The lowest BCUT2D eigenvalue weighted by Crippen LogP contribution is -2.66. The number of rotatable bonds is 5. The molecule has 3 amide bonds. The highest BCUT2D eigenvalue weighted by Gasteiger charge is 2.56. The summed E-state index contributed by atoms with van der Waals surface area (Å²) in [5.41, 5.74) is 2.26. The Hall–Kier alpha value is -4.13. The van der Waals surface area contributed by atoms with E-state index in [0.717, 1.165) is 11.1 Å². The standard InChI is InChI=1S/C29H29N3O4/c1-19-17-23-18-31(27(33)24(20-11-5-2-6-12-20)21-13-7-3-8-14-21)26(28(34)35)25(19)32(23)29(36)30-22-15-9-4-10-16-22/h2-16,19,23-26H,17-18H2,1H3,(H,30,36)(H,34,35)/t19?,23-,25+,26-/m0/s1. The first-order valence-corrected chi connectivity index (χ1v) is 12.2. The fourth-order valence-electron chi connectivity index (χ4n) is 5.80. The molecule has 1 unspecified atom stereocenters. The number of amides is 3. The summed E-state index contributed by atoms with van der Waals surface area (Å²) in [6, 6.07) is 25.6. The van der Waals surface area contributed by atoms with E-state index in [4.69, 9.17) is 0 Å². The van der Waals surface area contributed by atoms with E-state index in [1.807, 2.05) is 85.8 Å². The predicted octanol–water partition coefficient (Wildman–Crippen LogP) is 4.43. The van der Waals surface area contributed by atoms with Crippen molar-refractivity contribution in [3.63, 3.8) is 0 Å². The van der Waals surface area contributed by atoms with E-state index in [0.29, 0.717) is 12.1 Å². The lowest BCUT2D eigenvalue weighted by molar-refractivity contribution is -0.156. The molecule has 2 saturated heterocycles. The van der Waals surface area contributed by atoms with Crippen LogP contribution in [0.1, 0.15) is 30.4 Å². The number of nitrogens with one attached hydrogen (secondary N) is 1. The summed E-state index contributed by atoms with van der Waals surface area (Å²) in [7, 11) is 0. The zero-order chi connectivity index (χ0) is 25.2. The number of benzene rings is 3. The number of anilines is 1. The third kappa shape index (κ3) is 4.33. The van der Waals surface area contributed by atoms with Gasteiger partial charge in [-0.05, 0) is 35.6 Å². The number of carboxylic acids is 1. The summed E-state index contributed by atoms with van der Waals surface area (Å²) < 4.78 is 0. The van der Waals surface area contributed by atoms with Gasteiger partial charge in [-0.1, -0.05) is 85.8 Å². The lowest BCUT2D eigenvalue weighted by Gasteiger charge is -2.46. The molecule has 0 saturated carbocycles. The Labute approximate surface area is 210 Å². The maximum absolute atomic E-state index is 14.2. The van der Waals surface area contributed by atoms with Crippen molar-refractivity contribution in [3.8, 4) is 0 Å². The number of nitrogens with zero attached hydrogens (tertiary/aromatic N) is 2. The van der Waals surface area contributed by atoms with Crippen molar-refractivity contribution in [2.24, 2.45) is 5.92 Å². The molecule has 2 aliphatic heterocycles. The quantitative estimate of drug-likeness (QED) is 0.562. The number of para-hydroxylation sites is 1. The van der Waals surface area contributed by atoms with Crippen molar-refractivity contribution in [1.82, 2.24) is 9.80 Å². The molecular weight excluding hydrogens is 454 g/mol. The predicted molar refractivity (Wildman–Crippen MR) is 137 cm³/mol. The molecule has 5 rings (SSSR count). The van der Waals surface area contributed by atoms with Crippen LogP contribution in [0.3, 0.4) is 0 Å². The van der Waals surface area contributed by atoms with Crippen molar-refractivity contribution in [2.45, 2.75) is 37.4 Å². The van der Waals surface area contributed by atoms with Crippen LogP contribution in [0.2, 0.25) is 0 Å². The van der Waals surface area contributed by atoms with Gasteiger partial charge in [0.1, 0.15) is 0 Å². The number of hydrogen-bond donors (Lipinski definition) is 2. The van der Waals surface area contributed by atoms with Gasteiger partial charge in [-0.15, -0.1) is 0 Å². The molecule has 3 aromatic carbocycles. The molecule has 36 heavy (non-hydrogen) atoms. The van der Waals surface area contributed by atoms with Crippen LogP contribution >= 0.6 is 0 Å². The molecule has 184 valence electrons. The number of carbonyl (C=O) groups excluding carboxylic acids is 2. The third-order valence-corrected chi connectivity index (χ3v) is 7.32. The zero-order valence-corrected chi connectivity index (χ0v) is 20.0. The van der Waals surface area contributed by atoms with Gasteiger partial charge in [-0.3, -0.25) is 4.79 Å². The maximum atomic E-state index is 14.2. The minimum Gasteiger partial charge on any atom is -0.480 e. The van der Waals surface area contributed by atoms with Gasteiger partial charge in [0.05, 0.1) is 18.0 Å². The number of fused-ring (bicyclic) bond motifs is 2. The molecule has 3 aromatic rings. The first-order valence-electron chi connectivity index (χ1n) is 12.2. The minimum absolute atomic E-state index is 0.0673. The summed E-state index contributed by atoms with van der Waals surface area (Å²) in [4.78, 5) is 43.3. The second kappa shape index (κ2) is 9.85. The van der Waals surface area contributed by atoms with E-state index in [1.165, 1.54) is 4.90 Å². The molecule has 0 aliphatic carbocycles. The highest BCUT2D eigenvalue weighted by Crippen LogP contribution is 2.41. The van der Waals surface area contributed by atoms with E-state index in [9.17, 15) is 19.5 Å². The molecule has 0 aromatic heterocycles. The Morgan fingerprint density at radius 3 is 1.92 bits per heavy atom. The van der Waals surface area contributed by atoms with Crippen molar-refractivity contribution < 1.29 is 19.5 Å². The monoisotopic (exact) mass is 483 g/mol. The molecule has 2 heterocycles. The Morgan fingerprint density at radius 1 is 0.861 bits per heavy atom. The number of carboxylic acid groups (broad SMARTS) is 1. The van der Waals surface area contributed by atoms with Crippen LogP contribution in [0.5, 0.6) is 0 Å². The Balaban J connectivity index is 1.49. The van der Waals surface area contributed by atoms with Gasteiger partial charge >= 0.3 is 12.0 Å². The zero-order valence-electron chi connectivity index (χ0n) is 20.0. The number of likely N-dealkylation sites (tertiary alicyclic amines) is 1. The van der Waals surface area contributed by atoms with Crippen molar-refractivity contribution in [2.75, 3.05) is 11.9 Å². The Morgan fingerprint density at radius 2 is 1.39 bits per heavy atom. The lowest BCUT2D eigenvalue weighted by atomic mass is 9.88. The number of urea groups is 1. The normalized spacial score (nSPS) is 22.9. The van der Waals surface area contributed by atoms with Crippen LogP contribution < -0.4 is 5.32 Å². The van der Waals surface area contributed by atoms with Gasteiger partial charge in [-0.2, -0.15) is 0 Å². The van der Waals surface area contributed by atoms with Crippen molar-refractivity contribution in [1.29, 1.82) is 0 Å². The van der Waals surface area contributed by atoms with Gasteiger partial charge in [0, 0.05) is 12.2 Å². The van der Waals surface area contributed by atoms with Crippen LogP contribution in [0.25, 0.3) is 0 Å². The highest BCUT2D eigenvalue weighted by atomic mass is 16.4. The number of aliphatic carboxylic acids is 1. The molecule has 0 radical (unpaired) electrons. The molecule has 7 nitrogen and oxygen atoms in total. The van der Waals surface area contributed by atoms with E-state index < -0.39 is 24.0 Å². The fourth-order valence-corrected chi connectivity index (χ4v) is 5.80. The molecule has 2 aliphatic rings.